The van der Waals surface area contributed by atoms with Crippen LogP contribution >= 0.6 is 0 Å². The van der Waals surface area contributed by atoms with Gasteiger partial charge in [-0.15, -0.1) is 0 Å². The van der Waals surface area contributed by atoms with Crippen LogP contribution in [0.15, 0.2) is 35.2 Å². The number of rotatable bonds is 1. The van der Waals surface area contributed by atoms with E-state index >= 15 is 0 Å². The molecule has 0 aliphatic heterocycles. The Labute approximate surface area is 66.4 Å². The molecule has 0 aliphatic rings. The van der Waals surface area contributed by atoms with Crippen LogP contribution in [0.25, 0.3) is 0 Å². The standard InChI is InChI=1S/C6H6O3S.CH/c7-10(8,9)6-4-2-1-3-5-6;/h1-5H,(H,7,8,9);1H. The van der Waals surface area contributed by atoms with Crippen molar-refractivity contribution >= 4 is 10.1 Å². The van der Waals surface area contributed by atoms with E-state index in [9.17, 15) is 8.42 Å². The van der Waals surface area contributed by atoms with E-state index < -0.39 is 10.1 Å². The predicted octanol–water partition coefficient (Wildman–Crippen LogP) is 1.14. The molecule has 0 spiro atoms. The molecule has 0 fully saturated rings. The van der Waals surface area contributed by atoms with Crippen molar-refractivity contribution in [2.45, 2.75) is 4.90 Å². The summed E-state index contributed by atoms with van der Waals surface area (Å²) in [5.74, 6) is 0. The minimum Gasteiger partial charge on any atom is -0.282 e. The SMILES string of the molecule is O=S(=O)(O)c1ccccc1.[CH]. The van der Waals surface area contributed by atoms with Gasteiger partial charge in [-0.25, -0.2) is 0 Å². The molecule has 0 saturated carbocycles. The van der Waals surface area contributed by atoms with E-state index in [1.165, 1.54) is 12.1 Å². The van der Waals surface area contributed by atoms with Gasteiger partial charge in [0.1, 0.15) is 0 Å². The van der Waals surface area contributed by atoms with Crippen molar-refractivity contribution in [3.63, 3.8) is 0 Å². The van der Waals surface area contributed by atoms with Crippen molar-refractivity contribution in [1.82, 2.24) is 0 Å². The van der Waals surface area contributed by atoms with E-state index in [1.807, 2.05) is 0 Å². The molecule has 0 saturated heterocycles. The third kappa shape index (κ3) is 2.69. The molecule has 0 aliphatic carbocycles. The Morgan fingerprint density at radius 3 is 1.82 bits per heavy atom. The normalized spacial score (nSPS) is 10.3. The zero-order valence-corrected chi connectivity index (χ0v) is 6.45. The molecule has 1 aromatic carbocycles. The van der Waals surface area contributed by atoms with Gasteiger partial charge in [0.15, 0.2) is 0 Å². The van der Waals surface area contributed by atoms with E-state index in [0.29, 0.717) is 0 Å². The Bertz CT molecular complexity index is 302. The maximum absolute atomic E-state index is 10.4. The summed E-state index contributed by atoms with van der Waals surface area (Å²) in [7, 11) is -4.00. The van der Waals surface area contributed by atoms with Crippen LogP contribution < -0.4 is 0 Å². The fourth-order valence-electron chi connectivity index (χ4n) is 0.592. The van der Waals surface area contributed by atoms with E-state index in [1.54, 1.807) is 18.2 Å². The Morgan fingerprint density at radius 1 is 1.09 bits per heavy atom. The highest BCUT2D eigenvalue weighted by Crippen LogP contribution is 2.05. The largest absolute Gasteiger partial charge is 0.294 e. The van der Waals surface area contributed by atoms with Gasteiger partial charge >= 0.3 is 0 Å². The van der Waals surface area contributed by atoms with Crippen LogP contribution in [0.3, 0.4) is 0 Å². The maximum atomic E-state index is 10.4. The van der Waals surface area contributed by atoms with E-state index in [2.05, 4.69) is 0 Å². The van der Waals surface area contributed by atoms with E-state index in [0.717, 1.165) is 0 Å². The monoisotopic (exact) mass is 171 g/mol. The lowest BCUT2D eigenvalue weighted by Crippen LogP contribution is -1.96. The van der Waals surface area contributed by atoms with Crippen molar-refractivity contribution in [2.75, 3.05) is 0 Å². The number of hydrogen-bond acceptors (Lipinski definition) is 2. The van der Waals surface area contributed by atoms with Gasteiger partial charge < -0.3 is 0 Å². The van der Waals surface area contributed by atoms with E-state index in [-0.39, 0.29) is 12.3 Å². The lowest BCUT2D eigenvalue weighted by Gasteiger charge is -1.92. The second kappa shape index (κ2) is 3.50. The lowest BCUT2D eigenvalue weighted by atomic mass is 10.4. The topological polar surface area (TPSA) is 54.4 Å². The molecule has 1 aromatic rings. The molecule has 59 valence electrons. The zero-order chi connectivity index (χ0) is 7.61. The molecule has 11 heavy (non-hydrogen) atoms. The highest BCUT2D eigenvalue weighted by atomic mass is 32.2. The average molecular weight is 171 g/mol. The van der Waals surface area contributed by atoms with Crippen LogP contribution in [0.2, 0.25) is 0 Å². The first-order valence-electron chi connectivity index (χ1n) is 2.63. The Hall–Kier alpha value is -0.870. The first-order valence-corrected chi connectivity index (χ1v) is 4.07. The van der Waals surface area contributed by atoms with Gasteiger partial charge in [0.05, 0.1) is 4.90 Å². The Morgan fingerprint density at radius 2 is 1.55 bits per heavy atom. The summed E-state index contributed by atoms with van der Waals surface area (Å²) < 4.78 is 29.2. The van der Waals surface area contributed by atoms with Crippen LogP contribution in [0, 0.1) is 7.43 Å². The van der Waals surface area contributed by atoms with Gasteiger partial charge in [0.25, 0.3) is 10.1 Å². The maximum Gasteiger partial charge on any atom is 0.294 e. The quantitative estimate of drug-likeness (QED) is 0.644. The van der Waals surface area contributed by atoms with Crippen molar-refractivity contribution < 1.29 is 13.0 Å². The highest BCUT2D eigenvalue weighted by Gasteiger charge is 2.05. The highest BCUT2D eigenvalue weighted by molar-refractivity contribution is 7.85. The minimum atomic E-state index is -4.00. The summed E-state index contributed by atoms with van der Waals surface area (Å²) in [5.41, 5.74) is 0. The summed E-state index contributed by atoms with van der Waals surface area (Å²) in [4.78, 5) is -0.0741. The molecule has 3 radical (unpaired) electrons. The van der Waals surface area contributed by atoms with Crippen molar-refractivity contribution in [2.24, 2.45) is 0 Å². The van der Waals surface area contributed by atoms with Crippen LogP contribution in [-0.4, -0.2) is 13.0 Å². The summed E-state index contributed by atoms with van der Waals surface area (Å²) in [6.07, 6.45) is 0. The molecular formula is C7H7O3S. The fourth-order valence-corrected chi connectivity index (χ4v) is 1.09. The van der Waals surface area contributed by atoms with Crippen LogP contribution in [0.4, 0.5) is 0 Å². The number of benzene rings is 1. The molecule has 3 nitrogen and oxygen atoms in total. The van der Waals surface area contributed by atoms with Crippen molar-refractivity contribution in [3.05, 3.63) is 37.8 Å². The lowest BCUT2D eigenvalue weighted by molar-refractivity contribution is 0.483. The number of hydrogen-bond donors (Lipinski definition) is 1. The van der Waals surface area contributed by atoms with Crippen molar-refractivity contribution in [1.29, 1.82) is 0 Å². The summed E-state index contributed by atoms with van der Waals surface area (Å²) in [6.45, 7) is 0. The molecule has 0 atom stereocenters. The zero-order valence-electron chi connectivity index (χ0n) is 5.64. The van der Waals surface area contributed by atoms with Gasteiger partial charge in [0.2, 0.25) is 0 Å². The van der Waals surface area contributed by atoms with Gasteiger partial charge in [-0.1, -0.05) is 18.2 Å². The molecule has 0 aromatic heterocycles. The molecule has 0 bridgehead atoms. The summed E-state index contributed by atoms with van der Waals surface area (Å²) in [5, 5.41) is 0. The van der Waals surface area contributed by atoms with Gasteiger partial charge in [-0.3, -0.25) is 4.55 Å². The van der Waals surface area contributed by atoms with Gasteiger partial charge in [0, 0.05) is 0 Å². The smallest absolute Gasteiger partial charge is 0.282 e. The third-order valence-electron chi connectivity index (χ3n) is 1.04. The fraction of sp³-hybridized carbons (Fsp3) is 0. The predicted molar refractivity (Wildman–Crippen MR) is 40.6 cm³/mol. The minimum absolute atomic E-state index is 0. The molecule has 0 amide bonds. The molecular weight excluding hydrogens is 164 g/mol. The van der Waals surface area contributed by atoms with Gasteiger partial charge in [-0.2, -0.15) is 8.42 Å². The molecule has 1 rings (SSSR count). The average Bonchev–Trinajstić information content (AvgIpc) is 1.88. The van der Waals surface area contributed by atoms with Crippen LogP contribution in [0.1, 0.15) is 0 Å². The molecule has 4 heteroatoms. The second-order valence-electron chi connectivity index (χ2n) is 1.79. The Balaban J connectivity index is 0.000001000. The molecule has 1 N–H and O–H groups in total. The van der Waals surface area contributed by atoms with Crippen molar-refractivity contribution in [3.8, 4) is 0 Å². The summed E-state index contributed by atoms with van der Waals surface area (Å²) >= 11 is 0. The molecule has 0 heterocycles. The Kier molecular flexibility index (Phi) is 3.22. The first-order chi connectivity index (χ1) is 4.61. The van der Waals surface area contributed by atoms with Crippen LogP contribution in [-0.2, 0) is 10.1 Å². The second-order valence-corrected chi connectivity index (χ2v) is 3.21. The van der Waals surface area contributed by atoms with E-state index in [4.69, 9.17) is 4.55 Å². The summed E-state index contributed by atoms with van der Waals surface area (Å²) in [6, 6.07) is 7.42. The van der Waals surface area contributed by atoms with Crippen LogP contribution in [0.5, 0.6) is 0 Å². The van der Waals surface area contributed by atoms with Gasteiger partial charge in [-0.05, 0) is 19.6 Å². The molecule has 0 unspecified atom stereocenters. The third-order valence-corrected chi connectivity index (χ3v) is 1.91. The first kappa shape index (κ1) is 10.1.